The number of benzene rings is 20. The molecule has 0 saturated heterocycles. The molecule has 2 N–H and O–H groups in total. The first kappa shape index (κ1) is 63.6. The highest BCUT2D eigenvalue weighted by Crippen LogP contribution is 2.46. The number of hydrogen-bond donors (Lipinski definition) is 2. The van der Waals surface area contributed by atoms with Crippen LogP contribution in [-0.4, -0.2) is 17.2 Å². The lowest BCUT2D eigenvalue weighted by molar-refractivity contribution is 0.426. The Morgan fingerprint density at radius 1 is 0.163 bits per heavy atom. The van der Waals surface area contributed by atoms with Crippen LogP contribution in [0.5, 0.6) is 0 Å². The Morgan fingerprint density at radius 3 is 0.827 bits per heavy atom. The minimum atomic E-state index is -1.54. The molecule has 0 amide bonds. The lowest BCUT2D eigenvalue weighted by atomic mass is 9.72. The molecule has 0 aliphatic rings. The van der Waals surface area contributed by atoms with E-state index >= 15 is 0 Å². The predicted octanol–water partition coefficient (Wildman–Crippen LogP) is 26.7. The second kappa shape index (κ2) is 27.4. The van der Waals surface area contributed by atoms with Crippen LogP contribution < -0.4 is 5.46 Å². The molecule has 4 heteroatoms. The van der Waals surface area contributed by atoms with E-state index in [9.17, 15) is 10.0 Å². The lowest BCUT2D eigenvalue weighted by Gasteiger charge is -2.18. The molecule has 0 fully saturated rings. The van der Waals surface area contributed by atoms with Gasteiger partial charge in [-0.1, -0.05) is 362 Å². The summed E-state index contributed by atoms with van der Waals surface area (Å²) in [5.74, 6) is 0. The molecule has 488 valence electrons. The van der Waals surface area contributed by atoms with Crippen molar-refractivity contribution in [2.24, 2.45) is 0 Å². The molecule has 0 saturated carbocycles. The molecule has 0 aliphatic carbocycles. The maximum atomic E-state index is 10.2. The van der Waals surface area contributed by atoms with E-state index in [1.165, 1.54) is 153 Å². The summed E-state index contributed by atoms with van der Waals surface area (Å²) in [6.07, 6.45) is 0. The third-order valence-electron chi connectivity index (χ3n) is 20.8. The van der Waals surface area contributed by atoms with Gasteiger partial charge in [-0.3, -0.25) is 0 Å². The quantitative estimate of drug-likeness (QED) is 0.0904. The van der Waals surface area contributed by atoms with Gasteiger partial charge in [0, 0.05) is 4.47 Å². The Labute approximate surface area is 612 Å². The highest BCUT2D eigenvalue weighted by atomic mass is 79.9. The lowest BCUT2D eigenvalue weighted by Crippen LogP contribution is -2.31. The monoisotopic (exact) mass is 1390 g/mol. The van der Waals surface area contributed by atoms with Crippen molar-refractivity contribution in [3.05, 3.63) is 393 Å². The van der Waals surface area contributed by atoms with Gasteiger partial charge in [0.15, 0.2) is 0 Å². The van der Waals surface area contributed by atoms with E-state index in [0.29, 0.717) is 5.46 Å². The molecule has 20 aromatic carbocycles. The van der Waals surface area contributed by atoms with Crippen LogP contribution in [0.15, 0.2) is 393 Å². The van der Waals surface area contributed by atoms with Gasteiger partial charge in [-0.05, 0) is 234 Å². The van der Waals surface area contributed by atoms with Gasteiger partial charge < -0.3 is 10.0 Å². The van der Waals surface area contributed by atoms with Crippen molar-refractivity contribution in [1.29, 1.82) is 0 Å². The summed E-state index contributed by atoms with van der Waals surface area (Å²) < 4.78 is 1.11. The van der Waals surface area contributed by atoms with Crippen molar-refractivity contribution >= 4 is 136 Å². The van der Waals surface area contributed by atoms with Crippen LogP contribution in [-0.2, 0) is 0 Å². The summed E-state index contributed by atoms with van der Waals surface area (Å²) >= 11 is 3.55. The first-order valence-corrected chi connectivity index (χ1v) is 36.2. The van der Waals surface area contributed by atoms with Crippen molar-refractivity contribution in [3.8, 4) is 77.9 Å². The van der Waals surface area contributed by atoms with E-state index in [4.69, 9.17) is 0 Å². The molecule has 0 radical (unpaired) electrons. The van der Waals surface area contributed by atoms with E-state index in [1.807, 2.05) is 36.4 Å². The fourth-order valence-corrected chi connectivity index (χ4v) is 16.2. The smallest absolute Gasteiger partial charge is 0.423 e. The van der Waals surface area contributed by atoms with Crippen molar-refractivity contribution in [2.45, 2.75) is 0 Å². The van der Waals surface area contributed by atoms with Gasteiger partial charge in [-0.15, -0.1) is 0 Å². The molecule has 0 heterocycles. The van der Waals surface area contributed by atoms with Crippen LogP contribution in [0, 0.1) is 0 Å². The van der Waals surface area contributed by atoms with Crippen LogP contribution in [0.3, 0.4) is 0 Å². The van der Waals surface area contributed by atoms with Crippen molar-refractivity contribution < 1.29 is 10.0 Å². The summed E-state index contributed by atoms with van der Waals surface area (Å²) in [6, 6.07) is 139. The number of fused-ring (bicyclic) bond motifs is 12. The summed E-state index contributed by atoms with van der Waals surface area (Å²) in [5.41, 5.74) is 17.5. The summed E-state index contributed by atoms with van der Waals surface area (Å²) in [5, 5.41) is 44.5. The standard InChI is InChI=1S/C50H32.C30H21BO2.C20H13Br/c1-2-12-38-30-40(28-22-33(38)10-1)34-20-26-37(27-21-34)49-44-16-5-7-18-46(44)50(47-19-8-6-17-45(47)49)42-14-9-13-39(31-42)41-29-25-36-24-23-35-11-3-4-15-43(35)48(36)32-41;32-31(33)30-27-11-5-3-9-25(27)29(26-10-4-6-12-28(26)30)22-16-13-21(14-17-22)24-18-15-20-7-1-2-8-23(20)19-24;21-18-6-3-5-16(12-18)17-11-10-15-9-8-14-4-1-2-7-19(14)20(15)13-17/h1-32H;1-19,32-33H;1-13H. The van der Waals surface area contributed by atoms with Gasteiger partial charge in [-0.25, -0.2) is 0 Å². The van der Waals surface area contributed by atoms with E-state index in [0.717, 1.165) is 37.1 Å². The summed E-state index contributed by atoms with van der Waals surface area (Å²) in [7, 11) is -1.54. The number of halogens is 1. The third-order valence-corrected chi connectivity index (χ3v) is 21.3. The van der Waals surface area contributed by atoms with Gasteiger partial charge in [0.1, 0.15) is 0 Å². The van der Waals surface area contributed by atoms with Crippen LogP contribution in [0.2, 0.25) is 0 Å². The molecule has 0 bridgehead atoms. The van der Waals surface area contributed by atoms with E-state index in [1.54, 1.807) is 0 Å². The highest BCUT2D eigenvalue weighted by Gasteiger charge is 2.23. The molecule has 0 unspecified atom stereocenters. The molecule has 0 atom stereocenters. The zero-order valence-electron chi connectivity index (χ0n) is 56.8. The number of rotatable bonds is 8. The molecule has 0 aliphatic heterocycles. The van der Waals surface area contributed by atoms with Gasteiger partial charge in [0.05, 0.1) is 0 Å². The molecule has 20 aromatic rings. The van der Waals surface area contributed by atoms with Crippen LogP contribution in [0.25, 0.3) is 186 Å². The normalized spacial score (nSPS) is 11.4. The topological polar surface area (TPSA) is 40.5 Å². The largest absolute Gasteiger partial charge is 0.489 e. The minimum absolute atomic E-state index is 0.553. The predicted molar refractivity (Wildman–Crippen MR) is 450 cm³/mol. The Balaban J connectivity index is 0.000000122. The zero-order chi connectivity index (χ0) is 69.6. The van der Waals surface area contributed by atoms with E-state index < -0.39 is 7.12 Å². The molecular formula is C100H66BBrO2. The average molecular weight is 1390 g/mol. The van der Waals surface area contributed by atoms with Gasteiger partial charge in [0.2, 0.25) is 0 Å². The van der Waals surface area contributed by atoms with Crippen molar-refractivity contribution in [2.75, 3.05) is 0 Å². The second-order valence-electron chi connectivity index (χ2n) is 26.9. The van der Waals surface area contributed by atoms with Gasteiger partial charge in [0.25, 0.3) is 0 Å². The maximum Gasteiger partial charge on any atom is 0.489 e. The first-order chi connectivity index (χ1) is 51.3. The zero-order valence-corrected chi connectivity index (χ0v) is 58.4. The molecule has 104 heavy (non-hydrogen) atoms. The minimum Gasteiger partial charge on any atom is -0.423 e. The van der Waals surface area contributed by atoms with Crippen LogP contribution in [0.4, 0.5) is 0 Å². The fourth-order valence-electron chi connectivity index (χ4n) is 15.8. The SMILES string of the molecule is Brc1cccc(-c2ccc3ccc4ccccc4c3c2)c1.OB(O)c1c2ccccc2c(-c2ccc(-c3ccc4ccccc4c3)cc2)c2ccccc12.c1cc(-c2ccc3ccc4ccccc4c3c2)cc(-c2c3ccccc3c(-c3ccc(-c4ccc5ccccc5c4)cc3)c3ccccc23)c1. The fraction of sp³-hybridized carbons (Fsp3) is 0. The van der Waals surface area contributed by atoms with Crippen molar-refractivity contribution in [3.63, 3.8) is 0 Å². The molecule has 2 nitrogen and oxygen atoms in total. The molecule has 20 rings (SSSR count). The second-order valence-corrected chi connectivity index (χ2v) is 27.8. The Hall–Kier alpha value is -12.5. The van der Waals surface area contributed by atoms with E-state index in [2.05, 4.69) is 368 Å². The number of hydrogen-bond acceptors (Lipinski definition) is 2. The maximum absolute atomic E-state index is 10.2. The average Bonchev–Trinajstić information content (AvgIpc) is 0.743. The Morgan fingerprint density at radius 2 is 0.423 bits per heavy atom. The summed E-state index contributed by atoms with van der Waals surface area (Å²) in [6.45, 7) is 0. The molecule has 0 aromatic heterocycles. The summed E-state index contributed by atoms with van der Waals surface area (Å²) in [4.78, 5) is 0. The van der Waals surface area contributed by atoms with Crippen molar-refractivity contribution in [1.82, 2.24) is 0 Å². The Kier molecular flexibility index (Phi) is 16.8. The van der Waals surface area contributed by atoms with Crippen LogP contribution >= 0.6 is 15.9 Å². The van der Waals surface area contributed by atoms with Gasteiger partial charge >= 0.3 is 7.12 Å². The highest BCUT2D eigenvalue weighted by molar-refractivity contribution is 9.10. The molecular weight excluding hydrogens is 1320 g/mol. The first-order valence-electron chi connectivity index (χ1n) is 35.4. The van der Waals surface area contributed by atoms with Gasteiger partial charge in [-0.2, -0.15) is 0 Å². The Bertz CT molecular complexity index is 6600. The van der Waals surface area contributed by atoms with E-state index in [-0.39, 0.29) is 0 Å². The third kappa shape index (κ3) is 12.0. The molecule has 0 spiro atoms. The van der Waals surface area contributed by atoms with Crippen LogP contribution in [0.1, 0.15) is 0 Å².